The molecule has 0 aliphatic carbocycles. The highest BCUT2D eigenvalue weighted by Gasteiger charge is 2.07. The Labute approximate surface area is 124 Å². The molecule has 4 heteroatoms. The maximum Gasteiger partial charge on any atom is 0.0928 e. The van der Waals surface area contributed by atoms with Gasteiger partial charge in [0.2, 0.25) is 0 Å². The number of rotatable bonds is 8. The third-order valence-electron chi connectivity index (χ3n) is 3.08. The van der Waals surface area contributed by atoms with Gasteiger partial charge in [-0.3, -0.25) is 0 Å². The number of ether oxygens (including phenoxy) is 2. The van der Waals surface area contributed by atoms with Gasteiger partial charge in [-0.25, -0.2) is 0 Å². The van der Waals surface area contributed by atoms with E-state index in [-0.39, 0.29) is 6.10 Å². The van der Waals surface area contributed by atoms with Crippen LogP contribution in [0.3, 0.4) is 0 Å². The van der Waals surface area contributed by atoms with E-state index in [0.717, 1.165) is 13.1 Å². The quantitative estimate of drug-likeness (QED) is 0.810. The van der Waals surface area contributed by atoms with Crippen LogP contribution in [0.5, 0.6) is 0 Å². The van der Waals surface area contributed by atoms with Crippen LogP contribution in [0.4, 0.5) is 0 Å². The summed E-state index contributed by atoms with van der Waals surface area (Å²) in [6.45, 7) is 2.27. The van der Waals surface area contributed by atoms with E-state index in [1.807, 2.05) is 17.4 Å². The topological polar surface area (TPSA) is 30.5 Å². The summed E-state index contributed by atoms with van der Waals surface area (Å²) in [5, 5.41) is 3.41. The summed E-state index contributed by atoms with van der Waals surface area (Å²) < 4.78 is 10.4. The van der Waals surface area contributed by atoms with Gasteiger partial charge < -0.3 is 14.8 Å². The zero-order valence-corrected chi connectivity index (χ0v) is 12.8. The maximum atomic E-state index is 5.32. The van der Waals surface area contributed by atoms with Gasteiger partial charge in [-0.1, -0.05) is 30.3 Å². The van der Waals surface area contributed by atoms with Crippen LogP contribution in [0.25, 0.3) is 10.4 Å². The van der Waals surface area contributed by atoms with Gasteiger partial charge in [0.1, 0.15) is 0 Å². The second-order valence-corrected chi connectivity index (χ2v) is 5.74. The second kappa shape index (κ2) is 8.17. The fourth-order valence-electron chi connectivity index (χ4n) is 1.98. The molecule has 1 unspecified atom stereocenters. The average Bonchev–Trinajstić information content (AvgIpc) is 2.96. The molecule has 108 valence electrons. The van der Waals surface area contributed by atoms with E-state index in [1.165, 1.54) is 15.3 Å². The Morgan fingerprint density at radius 3 is 2.60 bits per heavy atom. The van der Waals surface area contributed by atoms with Crippen molar-refractivity contribution in [1.82, 2.24) is 5.32 Å². The van der Waals surface area contributed by atoms with Gasteiger partial charge in [-0.15, -0.1) is 11.3 Å². The highest BCUT2D eigenvalue weighted by molar-refractivity contribution is 7.15. The summed E-state index contributed by atoms with van der Waals surface area (Å²) in [7, 11) is 3.40. The average molecular weight is 291 g/mol. The molecular weight excluding hydrogens is 270 g/mol. The molecule has 2 rings (SSSR count). The molecule has 1 heterocycles. The van der Waals surface area contributed by atoms with Crippen LogP contribution in [0, 0.1) is 0 Å². The minimum absolute atomic E-state index is 0.105. The molecule has 0 saturated carbocycles. The normalized spacial score (nSPS) is 12.5. The summed E-state index contributed by atoms with van der Waals surface area (Å²) in [5.74, 6) is 0. The van der Waals surface area contributed by atoms with Crippen molar-refractivity contribution in [3.05, 3.63) is 47.3 Å². The van der Waals surface area contributed by atoms with E-state index >= 15 is 0 Å². The van der Waals surface area contributed by atoms with Crippen LogP contribution in [-0.2, 0) is 16.0 Å². The molecule has 3 nitrogen and oxygen atoms in total. The van der Waals surface area contributed by atoms with Gasteiger partial charge in [-0.05, 0) is 17.7 Å². The maximum absolute atomic E-state index is 5.32. The highest BCUT2D eigenvalue weighted by Crippen LogP contribution is 2.27. The van der Waals surface area contributed by atoms with Crippen LogP contribution in [-0.4, -0.2) is 33.5 Å². The van der Waals surface area contributed by atoms with Gasteiger partial charge in [-0.2, -0.15) is 0 Å². The Hall–Kier alpha value is -1.20. The third-order valence-corrected chi connectivity index (χ3v) is 4.21. The highest BCUT2D eigenvalue weighted by atomic mass is 32.1. The standard InChI is InChI=1S/C16H21NO2S/c1-18-12-14(19-2)10-17-11-15-8-9-16(20-15)13-6-4-3-5-7-13/h3-9,14,17H,10-12H2,1-2H3. The first-order chi connectivity index (χ1) is 9.83. The van der Waals surface area contributed by atoms with E-state index in [2.05, 4.69) is 41.7 Å². The Bertz CT molecular complexity index is 498. The molecule has 0 aliphatic rings. The lowest BCUT2D eigenvalue weighted by Crippen LogP contribution is -2.31. The van der Waals surface area contributed by atoms with Crippen LogP contribution >= 0.6 is 11.3 Å². The van der Waals surface area contributed by atoms with Crippen molar-refractivity contribution < 1.29 is 9.47 Å². The number of hydrogen-bond donors (Lipinski definition) is 1. The first-order valence-electron chi connectivity index (χ1n) is 6.70. The molecule has 0 amide bonds. The Morgan fingerprint density at radius 2 is 1.90 bits per heavy atom. The molecule has 1 aromatic carbocycles. The molecule has 0 saturated heterocycles. The Balaban J connectivity index is 1.84. The molecule has 1 aromatic heterocycles. The second-order valence-electron chi connectivity index (χ2n) is 4.58. The molecule has 0 bridgehead atoms. The lowest BCUT2D eigenvalue weighted by molar-refractivity contribution is 0.0288. The Morgan fingerprint density at radius 1 is 1.10 bits per heavy atom. The van der Waals surface area contributed by atoms with Crippen molar-refractivity contribution in [2.45, 2.75) is 12.6 Å². The van der Waals surface area contributed by atoms with Crippen LogP contribution in [0.15, 0.2) is 42.5 Å². The summed E-state index contributed by atoms with van der Waals surface area (Å²) in [6, 6.07) is 14.8. The molecule has 2 aromatic rings. The van der Waals surface area contributed by atoms with E-state index in [0.29, 0.717) is 6.61 Å². The molecule has 0 radical (unpaired) electrons. The SMILES string of the molecule is COCC(CNCc1ccc(-c2ccccc2)s1)OC. The summed E-state index contributed by atoms with van der Waals surface area (Å²) in [5.41, 5.74) is 1.28. The molecule has 1 atom stereocenters. The number of hydrogen-bond acceptors (Lipinski definition) is 4. The monoisotopic (exact) mass is 291 g/mol. The van der Waals surface area contributed by atoms with Crippen molar-refractivity contribution >= 4 is 11.3 Å². The lowest BCUT2D eigenvalue weighted by Gasteiger charge is -2.14. The van der Waals surface area contributed by atoms with E-state index in [4.69, 9.17) is 9.47 Å². The number of nitrogens with one attached hydrogen (secondary N) is 1. The molecule has 1 N–H and O–H groups in total. The molecule has 20 heavy (non-hydrogen) atoms. The minimum Gasteiger partial charge on any atom is -0.382 e. The van der Waals surface area contributed by atoms with Crippen LogP contribution < -0.4 is 5.32 Å². The zero-order chi connectivity index (χ0) is 14.2. The summed E-state index contributed by atoms with van der Waals surface area (Å²) >= 11 is 1.82. The van der Waals surface area contributed by atoms with Gasteiger partial charge in [0.25, 0.3) is 0 Å². The number of methoxy groups -OCH3 is 2. The van der Waals surface area contributed by atoms with E-state index < -0.39 is 0 Å². The number of benzene rings is 1. The fraction of sp³-hybridized carbons (Fsp3) is 0.375. The van der Waals surface area contributed by atoms with Gasteiger partial charge >= 0.3 is 0 Å². The van der Waals surface area contributed by atoms with E-state index in [1.54, 1.807) is 14.2 Å². The van der Waals surface area contributed by atoms with Crippen molar-refractivity contribution in [3.8, 4) is 10.4 Å². The lowest BCUT2D eigenvalue weighted by atomic mass is 10.2. The molecular formula is C16H21NO2S. The molecule has 0 aliphatic heterocycles. The first-order valence-corrected chi connectivity index (χ1v) is 7.51. The predicted molar refractivity (Wildman–Crippen MR) is 84.1 cm³/mol. The van der Waals surface area contributed by atoms with Crippen molar-refractivity contribution in [3.63, 3.8) is 0 Å². The molecule has 0 spiro atoms. The summed E-state index contributed by atoms with van der Waals surface area (Å²) in [6.07, 6.45) is 0.105. The van der Waals surface area contributed by atoms with Gasteiger partial charge in [0, 0.05) is 37.1 Å². The van der Waals surface area contributed by atoms with Gasteiger partial charge in [0.15, 0.2) is 0 Å². The smallest absolute Gasteiger partial charge is 0.0928 e. The minimum atomic E-state index is 0.105. The van der Waals surface area contributed by atoms with Crippen LogP contribution in [0.1, 0.15) is 4.88 Å². The largest absolute Gasteiger partial charge is 0.382 e. The van der Waals surface area contributed by atoms with Crippen molar-refractivity contribution in [2.75, 3.05) is 27.4 Å². The fourth-order valence-corrected chi connectivity index (χ4v) is 2.97. The number of thiophene rings is 1. The summed E-state index contributed by atoms with van der Waals surface area (Å²) in [4.78, 5) is 2.64. The van der Waals surface area contributed by atoms with E-state index in [9.17, 15) is 0 Å². The predicted octanol–water partition coefficient (Wildman–Crippen LogP) is 3.17. The Kier molecular flexibility index (Phi) is 6.21. The molecule has 0 fully saturated rings. The van der Waals surface area contributed by atoms with Crippen molar-refractivity contribution in [2.24, 2.45) is 0 Å². The third kappa shape index (κ3) is 4.42. The zero-order valence-electron chi connectivity index (χ0n) is 12.0. The first kappa shape index (κ1) is 15.2. The van der Waals surface area contributed by atoms with Gasteiger partial charge in [0.05, 0.1) is 12.7 Å². The van der Waals surface area contributed by atoms with Crippen molar-refractivity contribution in [1.29, 1.82) is 0 Å². The van der Waals surface area contributed by atoms with Crippen LogP contribution in [0.2, 0.25) is 0 Å².